The number of hydrogen-bond acceptors (Lipinski definition) is 1. The predicted molar refractivity (Wildman–Crippen MR) is 47.6 cm³/mol. The van der Waals surface area contributed by atoms with Gasteiger partial charge in [0.05, 0.1) is 0 Å². The molecule has 0 aliphatic carbocycles. The van der Waals surface area contributed by atoms with Gasteiger partial charge in [-0.15, -0.1) is 0 Å². The van der Waals surface area contributed by atoms with E-state index >= 15 is 0 Å². The molecule has 1 saturated heterocycles. The average Bonchev–Trinajstić information content (AvgIpc) is 1.88. The highest BCUT2D eigenvalue weighted by Crippen LogP contribution is 2.23. The second-order valence-electron chi connectivity index (χ2n) is 3.88. The predicted octanol–water partition coefficient (Wildman–Crippen LogP) is 2.14. The van der Waals surface area contributed by atoms with E-state index in [2.05, 4.69) is 25.8 Å². The maximum atomic E-state index is 2.43. The summed E-state index contributed by atoms with van der Waals surface area (Å²) in [5.74, 6) is 1.89. The summed E-state index contributed by atoms with van der Waals surface area (Å²) >= 11 is 0. The van der Waals surface area contributed by atoms with Crippen molar-refractivity contribution in [2.45, 2.75) is 26.7 Å². The SMILES string of the molecule is CC(C)C1CCN(C)CC1.F. The molecule has 0 amide bonds. The fourth-order valence-corrected chi connectivity index (χ4v) is 1.70. The van der Waals surface area contributed by atoms with Crippen LogP contribution in [0.5, 0.6) is 0 Å². The highest BCUT2D eigenvalue weighted by atomic mass is 19.0. The zero-order valence-corrected chi connectivity index (χ0v) is 7.84. The third-order valence-electron chi connectivity index (χ3n) is 2.71. The zero-order chi connectivity index (χ0) is 7.56. The lowest BCUT2D eigenvalue weighted by molar-refractivity contribution is 0.185. The van der Waals surface area contributed by atoms with Gasteiger partial charge in [0.15, 0.2) is 0 Å². The van der Waals surface area contributed by atoms with E-state index in [9.17, 15) is 0 Å². The van der Waals surface area contributed by atoms with Gasteiger partial charge >= 0.3 is 0 Å². The number of halogens is 1. The Morgan fingerprint density at radius 2 is 1.64 bits per heavy atom. The van der Waals surface area contributed by atoms with Gasteiger partial charge in [-0.3, -0.25) is 4.70 Å². The zero-order valence-electron chi connectivity index (χ0n) is 7.84. The Hall–Kier alpha value is -0.110. The van der Waals surface area contributed by atoms with Crippen molar-refractivity contribution in [3.63, 3.8) is 0 Å². The maximum absolute atomic E-state index is 2.43. The van der Waals surface area contributed by atoms with Crippen molar-refractivity contribution in [3.05, 3.63) is 0 Å². The summed E-state index contributed by atoms with van der Waals surface area (Å²) in [6, 6.07) is 0. The van der Waals surface area contributed by atoms with Crippen molar-refractivity contribution in [2.24, 2.45) is 11.8 Å². The molecule has 11 heavy (non-hydrogen) atoms. The smallest absolute Gasteiger partial charge is 0.00190 e. The van der Waals surface area contributed by atoms with Gasteiger partial charge in [-0.1, -0.05) is 13.8 Å². The highest BCUT2D eigenvalue weighted by molar-refractivity contribution is 4.71. The number of piperidine rings is 1. The number of rotatable bonds is 1. The minimum atomic E-state index is 0. The molecule has 68 valence electrons. The molecule has 0 saturated carbocycles. The molecule has 0 radical (unpaired) electrons. The topological polar surface area (TPSA) is 3.24 Å². The molecule has 1 rings (SSSR count). The van der Waals surface area contributed by atoms with Crippen LogP contribution in [0.1, 0.15) is 26.7 Å². The molecule has 1 heterocycles. The monoisotopic (exact) mass is 161 g/mol. The molecule has 0 bridgehead atoms. The van der Waals surface area contributed by atoms with Crippen molar-refractivity contribution in [2.75, 3.05) is 20.1 Å². The maximum Gasteiger partial charge on any atom is -0.00190 e. The summed E-state index contributed by atoms with van der Waals surface area (Å²) in [4.78, 5) is 2.43. The molecule has 1 fully saturated rings. The molecule has 0 aromatic rings. The molecule has 0 unspecified atom stereocenters. The van der Waals surface area contributed by atoms with E-state index in [1.54, 1.807) is 0 Å². The Balaban J connectivity index is 0.000001000. The molecule has 2 heteroatoms. The average molecular weight is 161 g/mol. The standard InChI is InChI=1S/C9H19N.FH/c1-8(2)9-4-6-10(3)7-5-9;/h8-9H,4-7H2,1-3H3;1H. The minimum absolute atomic E-state index is 0. The normalized spacial score (nSPS) is 21.8. The molecule has 1 nitrogen and oxygen atoms in total. The van der Waals surface area contributed by atoms with Crippen LogP contribution in [0.4, 0.5) is 4.70 Å². The Morgan fingerprint density at radius 3 is 2.00 bits per heavy atom. The van der Waals surface area contributed by atoms with Gasteiger partial charge in [0, 0.05) is 0 Å². The third kappa shape index (κ3) is 3.19. The Morgan fingerprint density at radius 1 is 1.18 bits per heavy atom. The van der Waals surface area contributed by atoms with Gasteiger partial charge in [0.2, 0.25) is 0 Å². The van der Waals surface area contributed by atoms with Gasteiger partial charge in [0.25, 0.3) is 0 Å². The van der Waals surface area contributed by atoms with Crippen LogP contribution in [-0.4, -0.2) is 25.0 Å². The Bertz CT molecular complexity index is 95.7. The minimum Gasteiger partial charge on any atom is -0.306 e. The summed E-state index contributed by atoms with van der Waals surface area (Å²) in [5.41, 5.74) is 0. The van der Waals surface area contributed by atoms with Gasteiger partial charge < -0.3 is 4.90 Å². The van der Waals surface area contributed by atoms with Crippen LogP contribution < -0.4 is 0 Å². The van der Waals surface area contributed by atoms with E-state index < -0.39 is 0 Å². The van der Waals surface area contributed by atoms with Gasteiger partial charge in [-0.25, -0.2) is 0 Å². The Kier molecular flexibility index (Phi) is 4.66. The summed E-state index contributed by atoms with van der Waals surface area (Å²) in [5, 5.41) is 0. The van der Waals surface area contributed by atoms with Gasteiger partial charge in [-0.05, 0) is 44.8 Å². The van der Waals surface area contributed by atoms with E-state index in [1.807, 2.05) is 0 Å². The first-order chi connectivity index (χ1) is 4.70. The summed E-state index contributed by atoms with van der Waals surface area (Å²) in [7, 11) is 2.22. The van der Waals surface area contributed by atoms with Crippen molar-refractivity contribution in [3.8, 4) is 0 Å². The van der Waals surface area contributed by atoms with Crippen molar-refractivity contribution >= 4 is 0 Å². The quantitative estimate of drug-likeness (QED) is 0.569. The van der Waals surface area contributed by atoms with E-state index in [1.165, 1.54) is 25.9 Å². The van der Waals surface area contributed by atoms with Crippen LogP contribution in [0.15, 0.2) is 0 Å². The van der Waals surface area contributed by atoms with Crippen LogP contribution in [0.25, 0.3) is 0 Å². The lowest BCUT2D eigenvalue weighted by atomic mass is 9.87. The summed E-state index contributed by atoms with van der Waals surface area (Å²) in [6.45, 7) is 7.30. The second-order valence-corrected chi connectivity index (χ2v) is 3.88. The number of hydrogen-bond donors (Lipinski definition) is 0. The van der Waals surface area contributed by atoms with E-state index in [4.69, 9.17) is 0 Å². The lowest BCUT2D eigenvalue weighted by Crippen LogP contribution is -2.32. The fraction of sp³-hybridized carbons (Fsp3) is 1.00. The number of nitrogens with zero attached hydrogens (tertiary/aromatic N) is 1. The Labute approximate surface area is 69.1 Å². The largest absolute Gasteiger partial charge is 0.306 e. The summed E-state index contributed by atoms with van der Waals surface area (Å²) in [6.07, 6.45) is 2.82. The van der Waals surface area contributed by atoms with Crippen molar-refractivity contribution < 1.29 is 4.70 Å². The molecule has 0 spiro atoms. The van der Waals surface area contributed by atoms with Crippen LogP contribution in [0.2, 0.25) is 0 Å². The van der Waals surface area contributed by atoms with Crippen LogP contribution in [0.3, 0.4) is 0 Å². The first-order valence-corrected chi connectivity index (χ1v) is 4.38. The molecule has 0 aromatic carbocycles. The van der Waals surface area contributed by atoms with E-state index in [0.29, 0.717) is 0 Å². The molecule has 0 N–H and O–H groups in total. The van der Waals surface area contributed by atoms with Crippen LogP contribution >= 0.6 is 0 Å². The molecular weight excluding hydrogens is 141 g/mol. The second kappa shape index (κ2) is 4.70. The molecular formula is C9H20FN. The van der Waals surface area contributed by atoms with Crippen molar-refractivity contribution in [1.29, 1.82) is 0 Å². The van der Waals surface area contributed by atoms with Gasteiger partial charge in [0.1, 0.15) is 0 Å². The van der Waals surface area contributed by atoms with Crippen molar-refractivity contribution in [1.82, 2.24) is 4.90 Å². The molecule has 1 aliphatic heterocycles. The first kappa shape index (κ1) is 10.9. The fourth-order valence-electron chi connectivity index (χ4n) is 1.70. The number of likely N-dealkylation sites (tertiary alicyclic amines) is 1. The first-order valence-electron chi connectivity index (χ1n) is 4.38. The van der Waals surface area contributed by atoms with E-state index in [0.717, 1.165) is 11.8 Å². The molecule has 1 aliphatic rings. The van der Waals surface area contributed by atoms with Crippen LogP contribution in [0, 0.1) is 11.8 Å². The van der Waals surface area contributed by atoms with Crippen LogP contribution in [-0.2, 0) is 0 Å². The third-order valence-corrected chi connectivity index (χ3v) is 2.71. The summed E-state index contributed by atoms with van der Waals surface area (Å²) < 4.78 is 0. The van der Waals surface area contributed by atoms with Gasteiger partial charge in [-0.2, -0.15) is 0 Å². The molecule has 0 atom stereocenters. The highest BCUT2D eigenvalue weighted by Gasteiger charge is 2.18. The lowest BCUT2D eigenvalue weighted by Gasteiger charge is -2.31. The van der Waals surface area contributed by atoms with E-state index in [-0.39, 0.29) is 4.70 Å². The molecule has 0 aromatic heterocycles.